The number of methoxy groups -OCH3 is 1. The van der Waals surface area contributed by atoms with Crippen molar-refractivity contribution in [3.63, 3.8) is 0 Å². The Morgan fingerprint density at radius 2 is 2.12 bits per heavy atom. The minimum Gasteiger partial charge on any atom is -0.392 e. The van der Waals surface area contributed by atoms with Gasteiger partial charge in [0.15, 0.2) is 11.7 Å². The molecule has 0 aliphatic carbocycles. The number of rotatable bonds is 10. The minimum absolute atomic E-state index is 0.0529. The Labute approximate surface area is 149 Å². The average molecular weight is 392 g/mol. The quantitative estimate of drug-likeness (QED) is 0.343. The first kappa shape index (κ1) is 20.6. The molecule has 4 N–H and O–H groups in total. The van der Waals surface area contributed by atoms with Crippen molar-refractivity contribution < 1.29 is 37.7 Å². The maximum atomic E-state index is 11.4. The molecular formula is C13H23N5O7P+. The van der Waals surface area contributed by atoms with Crippen LogP contribution in [0.5, 0.6) is 0 Å². The first-order valence-electron chi connectivity index (χ1n) is 7.58. The Hall–Kier alpha value is -1.66. The third kappa shape index (κ3) is 4.74. The molecule has 3 atom stereocenters. The van der Waals surface area contributed by atoms with E-state index in [1.165, 1.54) is 24.3 Å². The van der Waals surface area contributed by atoms with Crippen LogP contribution in [-0.2, 0) is 30.1 Å². The molecule has 12 nitrogen and oxygen atoms in total. The van der Waals surface area contributed by atoms with Crippen LogP contribution >= 0.6 is 7.82 Å². The topological polar surface area (TPSA) is 155 Å². The summed E-state index contributed by atoms with van der Waals surface area (Å²) in [7, 11) is 0.0602. The number of phosphoric ester groups is 1. The molecular weight excluding hydrogens is 369 g/mol. The highest BCUT2D eigenvalue weighted by molar-refractivity contribution is 7.47. The van der Waals surface area contributed by atoms with Crippen LogP contribution in [0.3, 0.4) is 0 Å². The number of nitrogen functional groups attached to an aromatic ring is 1. The van der Waals surface area contributed by atoms with Crippen LogP contribution in [0.1, 0.15) is 6.23 Å². The van der Waals surface area contributed by atoms with Gasteiger partial charge in [-0.15, -0.1) is 0 Å². The van der Waals surface area contributed by atoms with Gasteiger partial charge >= 0.3 is 7.82 Å². The summed E-state index contributed by atoms with van der Waals surface area (Å²) in [6.45, 7) is -0.643. The molecule has 0 saturated heterocycles. The van der Waals surface area contributed by atoms with Crippen LogP contribution in [0.25, 0.3) is 11.2 Å². The van der Waals surface area contributed by atoms with Gasteiger partial charge in [-0.05, 0) is 0 Å². The summed E-state index contributed by atoms with van der Waals surface area (Å²) < 4.78 is 34.5. The van der Waals surface area contributed by atoms with Crippen LogP contribution < -0.4 is 10.3 Å². The van der Waals surface area contributed by atoms with E-state index in [2.05, 4.69) is 14.5 Å². The zero-order chi connectivity index (χ0) is 19.3. The lowest BCUT2D eigenvalue weighted by Gasteiger charge is -2.24. The van der Waals surface area contributed by atoms with Gasteiger partial charge in [-0.1, -0.05) is 4.98 Å². The Morgan fingerprint density at radius 1 is 1.38 bits per heavy atom. The highest BCUT2D eigenvalue weighted by Gasteiger charge is 2.26. The van der Waals surface area contributed by atoms with E-state index < -0.39 is 26.8 Å². The van der Waals surface area contributed by atoms with Crippen molar-refractivity contribution >= 4 is 24.8 Å². The van der Waals surface area contributed by atoms with E-state index >= 15 is 0 Å². The SMILES string of the molecule is COC[C@@H](COP(=O)(O)OC)O[C@H](CO)n1cnc2c(N)[n+](C)cnc21. The predicted molar refractivity (Wildman–Crippen MR) is 88.8 cm³/mol. The first-order chi connectivity index (χ1) is 12.3. The zero-order valence-electron chi connectivity index (χ0n) is 14.7. The minimum atomic E-state index is -4.16. The Kier molecular flexibility index (Phi) is 7.01. The summed E-state index contributed by atoms with van der Waals surface area (Å²) in [5, 5.41) is 9.72. The summed E-state index contributed by atoms with van der Waals surface area (Å²) in [4.78, 5) is 17.8. The van der Waals surface area contributed by atoms with Gasteiger partial charge in [0.05, 0.1) is 26.9 Å². The van der Waals surface area contributed by atoms with E-state index in [1.807, 2.05) is 0 Å². The van der Waals surface area contributed by atoms with Crippen LogP contribution in [0.2, 0.25) is 0 Å². The highest BCUT2D eigenvalue weighted by atomic mass is 31.2. The number of aliphatic hydroxyl groups excluding tert-OH is 1. The third-order valence-electron chi connectivity index (χ3n) is 3.57. The van der Waals surface area contributed by atoms with Crippen molar-refractivity contribution in [3.8, 4) is 0 Å². The van der Waals surface area contributed by atoms with Crippen molar-refractivity contribution in [2.45, 2.75) is 12.3 Å². The molecule has 146 valence electrons. The largest absolute Gasteiger partial charge is 0.472 e. The lowest BCUT2D eigenvalue weighted by atomic mass is 10.4. The van der Waals surface area contributed by atoms with Crippen molar-refractivity contribution in [2.24, 2.45) is 7.05 Å². The molecule has 0 amide bonds. The second-order valence-electron chi connectivity index (χ2n) is 5.36. The van der Waals surface area contributed by atoms with E-state index in [0.717, 1.165) is 7.11 Å². The van der Waals surface area contributed by atoms with Crippen molar-refractivity contribution in [1.29, 1.82) is 0 Å². The van der Waals surface area contributed by atoms with E-state index in [4.69, 9.17) is 19.7 Å². The van der Waals surface area contributed by atoms with Crippen LogP contribution in [-0.4, -0.2) is 64.7 Å². The van der Waals surface area contributed by atoms with E-state index in [0.29, 0.717) is 17.0 Å². The van der Waals surface area contributed by atoms with Crippen molar-refractivity contribution in [2.75, 3.05) is 39.8 Å². The van der Waals surface area contributed by atoms with Gasteiger partial charge in [0, 0.05) is 14.2 Å². The van der Waals surface area contributed by atoms with E-state index in [9.17, 15) is 14.6 Å². The molecule has 13 heteroatoms. The molecule has 0 bridgehead atoms. The van der Waals surface area contributed by atoms with Gasteiger partial charge in [0.2, 0.25) is 12.0 Å². The van der Waals surface area contributed by atoms with Crippen molar-refractivity contribution in [3.05, 3.63) is 12.7 Å². The Morgan fingerprint density at radius 3 is 2.73 bits per heavy atom. The first-order valence-corrected chi connectivity index (χ1v) is 9.07. The molecule has 0 radical (unpaired) electrons. The summed E-state index contributed by atoms with van der Waals surface area (Å²) in [6, 6.07) is 0. The average Bonchev–Trinajstić information content (AvgIpc) is 3.05. The number of fused-ring (bicyclic) bond motifs is 1. The lowest BCUT2D eigenvalue weighted by molar-refractivity contribution is -0.658. The fourth-order valence-electron chi connectivity index (χ4n) is 2.21. The molecule has 26 heavy (non-hydrogen) atoms. The zero-order valence-corrected chi connectivity index (χ0v) is 15.6. The predicted octanol–water partition coefficient (Wildman–Crippen LogP) is -0.876. The van der Waals surface area contributed by atoms with Crippen LogP contribution in [0.15, 0.2) is 12.7 Å². The number of nitrogens with two attached hydrogens (primary N) is 1. The van der Waals surface area contributed by atoms with Gasteiger partial charge in [-0.25, -0.2) is 14.1 Å². The monoisotopic (exact) mass is 392 g/mol. The molecule has 0 aliphatic rings. The Balaban J connectivity index is 2.21. The number of imidazole rings is 1. The molecule has 0 aliphatic heterocycles. The maximum Gasteiger partial charge on any atom is 0.472 e. The summed E-state index contributed by atoms with van der Waals surface area (Å²) in [6.07, 6.45) is 1.30. The maximum absolute atomic E-state index is 11.4. The third-order valence-corrected chi connectivity index (χ3v) is 4.50. The van der Waals surface area contributed by atoms with Crippen LogP contribution in [0.4, 0.5) is 5.82 Å². The number of aryl methyl sites for hydroxylation is 1. The normalized spacial score (nSPS) is 16.5. The fourth-order valence-corrected chi connectivity index (χ4v) is 2.67. The van der Waals surface area contributed by atoms with Gasteiger partial charge in [0.1, 0.15) is 12.4 Å². The highest BCUT2D eigenvalue weighted by Crippen LogP contribution is 2.42. The van der Waals surface area contributed by atoms with Gasteiger partial charge in [0.25, 0.3) is 5.82 Å². The summed E-state index contributed by atoms with van der Waals surface area (Å²) in [5.41, 5.74) is 6.84. The number of aromatic nitrogens is 4. The van der Waals surface area contributed by atoms with Gasteiger partial charge in [-0.2, -0.15) is 0 Å². The smallest absolute Gasteiger partial charge is 0.392 e. The summed E-state index contributed by atoms with van der Waals surface area (Å²) >= 11 is 0. The number of aliphatic hydroxyl groups is 1. The number of nitrogens with zero attached hydrogens (tertiary/aromatic N) is 4. The van der Waals surface area contributed by atoms with E-state index in [-0.39, 0.29) is 13.2 Å². The molecule has 2 heterocycles. The second-order valence-corrected chi connectivity index (χ2v) is 6.92. The number of hydrogen-bond donors (Lipinski definition) is 3. The summed E-state index contributed by atoms with van der Waals surface area (Å²) in [5.74, 6) is 0.406. The fraction of sp³-hybridized carbons (Fsp3) is 0.615. The molecule has 0 fully saturated rings. The molecule has 0 saturated carbocycles. The number of hydrogen-bond acceptors (Lipinski definition) is 9. The molecule has 2 aromatic heterocycles. The number of ether oxygens (including phenoxy) is 2. The van der Waals surface area contributed by atoms with Gasteiger partial charge in [-0.3, -0.25) is 13.6 Å². The van der Waals surface area contributed by atoms with Crippen LogP contribution in [0, 0.1) is 0 Å². The molecule has 2 rings (SSSR count). The van der Waals surface area contributed by atoms with E-state index in [1.54, 1.807) is 11.6 Å². The molecule has 1 unspecified atom stereocenters. The standard InChI is InChI=1S/C13H22N5O7P/c1-17-7-16-13-11(12(17)14)15-8-18(13)10(4-19)25-9(5-22-2)6-24-26(20,21)23-3/h7-10,14,19H,4-6H2,1-3H3,(H,20,21)/p+1/t9-,10+/m0/s1. The van der Waals surface area contributed by atoms with Crippen molar-refractivity contribution in [1.82, 2.24) is 14.5 Å². The lowest BCUT2D eigenvalue weighted by Crippen LogP contribution is -2.33. The molecule has 0 spiro atoms. The Bertz CT molecular complexity index is 786. The second kappa shape index (κ2) is 8.82. The number of anilines is 1. The van der Waals surface area contributed by atoms with Gasteiger partial charge < -0.3 is 25.2 Å². The number of phosphoric acid groups is 1. The molecule has 2 aromatic rings. The molecule has 0 aromatic carbocycles.